The maximum absolute atomic E-state index is 8.78. The highest BCUT2D eigenvalue weighted by Gasteiger charge is 1.89. The summed E-state index contributed by atoms with van der Waals surface area (Å²) in [6, 6.07) is 0. The SMILES string of the molecule is CCCCCCCCSNCC.NC(=O)O. The van der Waals surface area contributed by atoms with Crippen molar-refractivity contribution < 1.29 is 9.90 Å². The van der Waals surface area contributed by atoms with Gasteiger partial charge >= 0.3 is 6.09 Å². The van der Waals surface area contributed by atoms with E-state index < -0.39 is 6.09 Å². The van der Waals surface area contributed by atoms with Crippen molar-refractivity contribution in [3.63, 3.8) is 0 Å². The van der Waals surface area contributed by atoms with Crippen LogP contribution in [0.25, 0.3) is 0 Å². The number of primary amides is 1. The molecular weight excluding hydrogens is 224 g/mol. The molecule has 0 aromatic heterocycles. The number of hydrogen-bond donors (Lipinski definition) is 3. The van der Waals surface area contributed by atoms with Crippen molar-refractivity contribution in [2.45, 2.75) is 52.4 Å². The van der Waals surface area contributed by atoms with Gasteiger partial charge in [-0.15, -0.1) is 0 Å². The molecule has 0 radical (unpaired) electrons. The summed E-state index contributed by atoms with van der Waals surface area (Å²) in [6.45, 7) is 5.50. The van der Waals surface area contributed by atoms with E-state index in [1.807, 2.05) is 11.9 Å². The van der Waals surface area contributed by atoms with Gasteiger partial charge in [0.15, 0.2) is 0 Å². The molecule has 98 valence electrons. The van der Waals surface area contributed by atoms with Gasteiger partial charge in [-0.25, -0.2) is 4.79 Å². The van der Waals surface area contributed by atoms with Crippen molar-refractivity contribution in [1.82, 2.24) is 4.72 Å². The molecule has 4 nitrogen and oxygen atoms in total. The van der Waals surface area contributed by atoms with Gasteiger partial charge in [-0.2, -0.15) is 0 Å². The Morgan fingerprint density at radius 1 is 1.19 bits per heavy atom. The molecule has 0 saturated heterocycles. The average molecular weight is 250 g/mol. The normalized spacial score (nSPS) is 9.38. The zero-order chi connectivity index (χ0) is 12.6. The maximum atomic E-state index is 8.78. The van der Waals surface area contributed by atoms with Crippen LogP contribution in [0.3, 0.4) is 0 Å². The quantitative estimate of drug-likeness (QED) is 0.434. The third-order valence-electron chi connectivity index (χ3n) is 1.85. The molecule has 0 fully saturated rings. The molecule has 0 bridgehead atoms. The van der Waals surface area contributed by atoms with Crippen LogP contribution in [0.2, 0.25) is 0 Å². The van der Waals surface area contributed by atoms with Gasteiger partial charge < -0.3 is 10.8 Å². The first kappa shape index (κ1) is 18.0. The minimum atomic E-state index is -1.33. The van der Waals surface area contributed by atoms with Crippen LogP contribution < -0.4 is 10.5 Å². The Morgan fingerprint density at radius 2 is 1.69 bits per heavy atom. The number of amides is 1. The van der Waals surface area contributed by atoms with E-state index in [-0.39, 0.29) is 0 Å². The molecule has 0 aliphatic heterocycles. The highest BCUT2D eigenvalue weighted by atomic mass is 32.2. The Balaban J connectivity index is 0. The third kappa shape index (κ3) is 29.2. The first-order valence-corrected chi connectivity index (χ1v) is 6.96. The summed E-state index contributed by atoms with van der Waals surface area (Å²) in [5, 5.41) is 7.19. The van der Waals surface area contributed by atoms with Crippen molar-refractivity contribution in [2.75, 3.05) is 12.3 Å². The lowest BCUT2D eigenvalue weighted by Crippen LogP contribution is -2.03. The molecule has 0 aromatic carbocycles. The monoisotopic (exact) mass is 250 g/mol. The van der Waals surface area contributed by atoms with Crippen LogP contribution in [0.4, 0.5) is 4.79 Å². The summed E-state index contributed by atoms with van der Waals surface area (Å²) in [7, 11) is 0. The average Bonchev–Trinajstić information content (AvgIpc) is 2.21. The first-order valence-electron chi connectivity index (χ1n) is 5.98. The minimum Gasteiger partial charge on any atom is -0.465 e. The molecule has 0 spiro atoms. The lowest BCUT2D eigenvalue weighted by Gasteiger charge is -2.00. The van der Waals surface area contributed by atoms with E-state index in [1.54, 1.807) is 0 Å². The first-order chi connectivity index (χ1) is 7.65. The van der Waals surface area contributed by atoms with E-state index >= 15 is 0 Å². The van der Waals surface area contributed by atoms with Crippen molar-refractivity contribution in [1.29, 1.82) is 0 Å². The summed E-state index contributed by atoms with van der Waals surface area (Å²) >= 11 is 1.87. The van der Waals surface area contributed by atoms with Crippen molar-refractivity contribution in [3.8, 4) is 0 Å². The van der Waals surface area contributed by atoms with Gasteiger partial charge in [-0.3, -0.25) is 4.72 Å². The molecule has 0 aliphatic rings. The zero-order valence-electron chi connectivity index (χ0n) is 10.5. The van der Waals surface area contributed by atoms with Crippen LogP contribution in [0.1, 0.15) is 52.4 Å². The molecule has 0 aliphatic carbocycles. The van der Waals surface area contributed by atoms with Crippen LogP contribution in [-0.2, 0) is 0 Å². The molecule has 0 saturated carbocycles. The Morgan fingerprint density at radius 3 is 2.19 bits per heavy atom. The van der Waals surface area contributed by atoms with E-state index in [0.29, 0.717) is 0 Å². The molecular formula is C11H26N2O2S. The molecule has 0 unspecified atom stereocenters. The lowest BCUT2D eigenvalue weighted by molar-refractivity contribution is 0.205. The number of nitrogens with two attached hydrogens (primary N) is 1. The van der Waals surface area contributed by atoms with Crippen molar-refractivity contribution >= 4 is 18.0 Å². The summed E-state index contributed by atoms with van der Waals surface area (Å²) in [5.74, 6) is 1.28. The number of carboxylic acid groups (broad SMARTS) is 1. The van der Waals surface area contributed by atoms with Gasteiger partial charge in [0.1, 0.15) is 0 Å². The number of nitrogens with one attached hydrogen (secondary N) is 1. The number of hydrogen-bond acceptors (Lipinski definition) is 3. The van der Waals surface area contributed by atoms with Gasteiger partial charge in [0.2, 0.25) is 0 Å². The standard InChI is InChI=1S/C10H23NS.CH3NO2/c1-3-5-6-7-8-9-10-12-11-4-2;2-1(3)4/h11H,3-10H2,1-2H3;2H2,(H,3,4). The van der Waals surface area contributed by atoms with Gasteiger partial charge in [0.05, 0.1) is 0 Å². The summed E-state index contributed by atoms with van der Waals surface area (Å²) in [5.41, 5.74) is 4.03. The largest absolute Gasteiger partial charge is 0.465 e. The smallest absolute Gasteiger partial charge is 0.402 e. The molecule has 4 N–H and O–H groups in total. The predicted octanol–water partition coefficient (Wildman–Crippen LogP) is 3.23. The summed E-state index contributed by atoms with van der Waals surface area (Å²) < 4.78 is 3.27. The van der Waals surface area contributed by atoms with Gasteiger partial charge in [0.25, 0.3) is 0 Å². The van der Waals surface area contributed by atoms with Crippen LogP contribution in [0.5, 0.6) is 0 Å². The topological polar surface area (TPSA) is 75.3 Å². The van der Waals surface area contributed by atoms with Crippen molar-refractivity contribution in [2.24, 2.45) is 5.73 Å². The van der Waals surface area contributed by atoms with E-state index in [0.717, 1.165) is 6.54 Å². The van der Waals surface area contributed by atoms with Crippen LogP contribution in [0, 0.1) is 0 Å². The minimum absolute atomic E-state index is 1.08. The third-order valence-corrected chi connectivity index (χ3v) is 2.83. The number of unbranched alkanes of at least 4 members (excludes halogenated alkanes) is 5. The van der Waals surface area contributed by atoms with E-state index in [4.69, 9.17) is 9.90 Å². The molecule has 5 heteroatoms. The molecule has 0 heterocycles. The highest BCUT2D eigenvalue weighted by Crippen LogP contribution is 2.07. The Bertz CT molecular complexity index is 132. The second-order valence-corrected chi connectivity index (χ2v) is 4.44. The second-order valence-electron chi connectivity index (χ2n) is 3.45. The fourth-order valence-corrected chi connectivity index (χ4v) is 1.83. The summed E-state index contributed by atoms with van der Waals surface area (Å²) in [4.78, 5) is 8.78. The predicted molar refractivity (Wildman–Crippen MR) is 71.7 cm³/mol. The van der Waals surface area contributed by atoms with Gasteiger partial charge in [0, 0.05) is 12.3 Å². The summed E-state index contributed by atoms with van der Waals surface area (Å²) in [6.07, 6.45) is 7.09. The molecule has 0 aromatic rings. The maximum Gasteiger partial charge on any atom is 0.402 e. The Labute approximate surface area is 103 Å². The van der Waals surface area contributed by atoms with Crippen LogP contribution in [-0.4, -0.2) is 23.5 Å². The van der Waals surface area contributed by atoms with E-state index in [2.05, 4.69) is 24.3 Å². The fraction of sp³-hybridized carbons (Fsp3) is 0.909. The fourth-order valence-electron chi connectivity index (χ4n) is 1.13. The zero-order valence-corrected chi connectivity index (χ0v) is 11.3. The second kappa shape index (κ2) is 17.0. The van der Waals surface area contributed by atoms with E-state index in [9.17, 15) is 0 Å². The lowest BCUT2D eigenvalue weighted by atomic mass is 10.1. The highest BCUT2D eigenvalue weighted by molar-refractivity contribution is 7.97. The molecule has 1 amide bonds. The van der Waals surface area contributed by atoms with Gasteiger partial charge in [-0.05, 0) is 6.42 Å². The van der Waals surface area contributed by atoms with Crippen LogP contribution in [0.15, 0.2) is 0 Å². The van der Waals surface area contributed by atoms with Gasteiger partial charge in [-0.1, -0.05) is 57.9 Å². The van der Waals surface area contributed by atoms with Crippen LogP contribution >= 0.6 is 11.9 Å². The number of carbonyl (C=O) groups is 1. The Hall–Kier alpha value is -0.420. The van der Waals surface area contributed by atoms with Crippen molar-refractivity contribution in [3.05, 3.63) is 0 Å². The van der Waals surface area contributed by atoms with E-state index in [1.165, 1.54) is 44.3 Å². The molecule has 0 rings (SSSR count). The molecule has 16 heavy (non-hydrogen) atoms. The molecule has 0 atom stereocenters. The Kier molecular flexibility index (Phi) is 19.1. The number of rotatable bonds is 9.